The molecule has 1 aromatic heterocycles. The van der Waals surface area contributed by atoms with Crippen molar-refractivity contribution in [1.82, 2.24) is 10.3 Å². The number of para-hydroxylation sites is 1. The summed E-state index contributed by atoms with van der Waals surface area (Å²) in [7, 11) is 2.83. The molecule has 1 aromatic carbocycles. The SMILES string of the molecule is CCc1[nH]c(C(=O)OC(C)C(=O)NCc2ccccc2OC)c(C)c1C(=O)OC. The fourth-order valence-corrected chi connectivity index (χ4v) is 2.95. The summed E-state index contributed by atoms with van der Waals surface area (Å²) in [6.07, 6.45) is -0.514. The van der Waals surface area contributed by atoms with Crippen LogP contribution in [0.25, 0.3) is 0 Å². The Bertz CT molecular complexity index is 903. The van der Waals surface area contributed by atoms with Gasteiger partial charge in [-0.25, -0.2) is 9.59 Å². The van der Waals surface area contributed by atoms with E-state index in [1.807, 2.05) is 25.1 Å². The number of methoxy groups -OCH3 is 2. The summed E-state index contributed by atoms with van der Waals surface area (Å²) in [6.45, 7) is 5.19. The van der Waals surface area contributed by atoms with Crippen LogP contribution in [0.3, 0.4) is 0 Å². The number of rotatable bonds is 8. The molecule has 0 saturated carbocycles. The summed E-state index contributed by atoms with van der Waals surface area (Å²) < 4.78 is 15.3. The molecule has 0 aliphatic carbocycles. The van der Waals surface area contributed by atoms with Gasteiger partial charge >= 0.3 is 11.9 Å². The van der Waals surface area contributed by atoms with Gasteiger partial charge in [0.1, 0.15) is 11.4 Å². The van der Waals surface area contributed by atoms with Gasteiger partial charge < -0.3 is 24.5 Å². The minimum atomic E-state index is -1.02. The number of hydrogen-bond acceptors (Lipinski definition) is 6. The predicted octanol–water partition coefficient (Wildman–Crippen LogP) is 2.54. The zero-order chi connectivity index (χ0) is 21.6. The first-order valence-electron chi connectivity index (χ1n) is 9.24. The summed E-state index contributed by atoms with van der Waals surface area (Å²) in [5.41, 5.74) is 2.26. The van der Waals surface area contributed by atoms with E-state index in [1.54, 1.807) is 20.1 Å². The maximum atomic E-state index is 12.5. The second-order valence-electron chi connectivity index (χ2n) is 6.40. The van der Waals surface area contributed by atoms with Crippen molar-refractivity contribution in [3.63, 3.8) is 0 Å². The van der Waals surface area contributed by atoms with Crippen molar-refractivity contribution < 1.29 is 28.6 Å². The summed E-state index contributed by atoms with van der Waals surface area (Å²) >= 11 is 0. The molecule has 1 unspecified atom stereocenters. The van der Waals surface area contributed by atoms with Gasteiger partial charge in [-0.1, -0.05) is 25.1 Å². The smallest absolute Gasteiger partial charge is 0.355 e. The Balaban J connectivity index is 2.05. The molecule has 2 N–H and O–H groups in total. The number of ether oxygens (including phenoxy) is 3. The number of esters is 2. The third-order valence-corrected chi connectivity index (χ3v) is 4.57. The van der Waals surface area contributed by atoms with Gasteiger partial charge in [0.25, 0.3) is 5.91 Å². The molecule has 0 saturated heterocycles. The van der Waals surface area contributed by atoms with Crippen molar-refractivity contribution in [1.29, 1.82) is 0 Å². The molecule has 0 fully saturated rings. The number of amides is 1. The molecule has 8 nitrogen and oxygen atoms in total. The van der Waals surface area contributed by atoms with Crippen LogP contribution in [-0.4, -0.2) is 43.2 Å². The van der Waals surface area contributed by atoms with Gasteiger partial charge in [-0.15, -0.1) is 0 Å². The van der Waals surface area contributed by atoms with Crippen molar-refractivity contribution in [2.75, 3.05) is 14.2 Å². The number of benzene rings is 1. The van der Waals surface area contributed by atoms with E-state index in [2.05, 4.69) is 10.3 Å². The summed E-state index contributed by atoms with van der Waals surface area (Å²) in [6, 6.07) is 7.30. The zero-order valence-corrected chi connectivity index (χ0v) is 17.3. The van der Waals surface area contributed by atoms with E-state index in [4.69, 9.17) is 14.2 Å². The maximum absolute atomic E-state index is 12.5. The average molecular weight is 402 g/mol. The molecule has 0 aliphatic heterocycles. The Hall–Kier alpha value is -3.29. The first-order chi connectivity index (χ1) is 13.8. The number of nitrogens with one attached hydrogen (secondary N) is 2. The maximum Gasteiger partial charge on any atom is 0.355 e. The van der Waals surface area contributed by atoms with Gasteiger partial charge in [-0.2, -0.15) is 0 Å². The minimum Gasteiger partial charge on any atom is -0.496 e. The van der Waals surface area contributed by atoms with Crippen LogP contribution in [0.5, 0.6) is 5.75 Å². The van der Waals surface area contributed by atoms with Gasteiger partial charge in [-0.3, -0.25) is 4.79 Å². The van der Waals surface area contributed by atoms with Gasteiger partial charge in [0.15, 0.2) is 6.10 Å². The molecule has 1 heterocycles. The molecule has 2 rings (SSSR count). The van der Waals surface area contributed by atoms with Gasteiger partial charge in [0, 0.05) is 17.8 Å². The normalized spacial score (nSPS) is 11.5. The summed E-state index contributed by atoms with van der Waals surface area (Å²) in [5.74, 6) is -1.04. The second kappa shape index (κ2) is 9.77. The van der Waals surface area contributed by atoms with Crippen molar-refractivity contribution in [3.05, 3.63) is 52.3 Å². The standard InChI is InChI=1S/C21H26N2O6/c1-6-15-17(20(25)28-5)12(2)18(23-15)21(26)29-13(3)19(24)22-11-14-9-7-8-10-16(14)27-4/h7-10,13,23H,6,11H2,1-5H3,(H,22,24). The highest BCUT2D eigenvalue weighted by molar-refractivity contribution is 5.99. The van der Waals surface area contributed by atoms with Crippen molar-refractivity contribution >= 4 is 17.8 Å². The lowest BCUT2D eigenvalue weighted by Gasteiger charge is -2.14. The Morgan fingerprint density at radius 3 is 2.45 bits per heavy atom. The highest BCUT2D eigenvalue weighted by atomic mass is 16.5. The largest absolute Gasteiger partial charge is 0.496 e. The van der Waals surface area contributed by atoms with Crippen LogP contribution in [0, 0.1) is 6.92 Å². The zero-order valence-electron chi connectivity index (χ0n) is 17.3. The van der Waals surface area contributed by atoms with Gasteiger partial charge in [-0.05, 0) is 31.9 Å². The summed E-state index contributed by atoms with van der Waals surface area (Å²) in [4.78, 5) is 39.8. The third kappa shape index (κ3) is 4.96. The molecule has 0 radical (unpaired) electrons. The van der Waals surface area contributed by atoms with E-state index in [1.165, 1.54) is 14.0 Å². The van der Waals surface area contributed by atoms with Crippen LogP contribution < -0.4 is 10.1 Å². The Kier molecular flexibility index (Phi) is 7.41. The van der Waals surface area contributed by atoms with Crippen molar-refractivity contribution in [2.24, 2.45) is 0 Å². The molecule has 156 valence electrons. The molecule has 1 amide bonds. The van der Waals surface area contributed by atoms with E-state index in [0.717, 1.165) is 5.56 Å². The van der Waals surface area contributed by atoms with Crippen LogP contribution in [0.15, 0.2) is 24.3 Å². The second-order valence-corrected chi connectivity index (χ2v) is 6.40. The lowest BCUT2D eigenvalue weighted by Crippen LogP contribution is -2.35. The number of aromatic amines is 1. The summed E-state index contributed by atoms with van der Waals surface area (Å²) in [5, 5.41) is 2.72. The van der Waals surface area contributed by atoms with Crippen LogP contribution >= 0.6 is 0 Å². The highest BCUT2D eigenvalue weighted by Crippen LogP contribution is 2.21. The number of H-pyrrole nitrogens is 1. The average Bonchev–Trinajstić information content (AvgIpc) is 3.07. The Morgan fingerprint density at radius 1 is 1.14 bits per heavy atom. The van der Waals surface area contributed by atoms with Crippen LogP contribution in [0.4, 0.5) is 0 Å². The fraction of sp³-hybridized carbons (Fsp3) is 0.381. The number of carbonyl (C=O) groups is 3. The van der Waals surface area contributed by atoms with Gasteiger partial charge in [0.2, 0.25) is 0 Å². The van der Waals surface area contributed by atoms with Crippen LogP contribution in [0.1, 0.15) is 51.5 Å². The predicted molar refractivity (Wildman–Crippen MR) is 106 cm³/mol. The molecule has 29 heavy (non-hydrogen) atoms. The van der Waals surface area contributed by atoms with E-state index >= 15 is 0 Å². The van der Waals surface area contributed by atoms with Crippen molar-refractivity contribution in [3.8, 4) is 5.75 Å². The third-order valence-electron chi connectivity index (χ3n) is 4.57. The quantitative estimate of drug-likeness (QED) is 0.657. The van der Waals surface area contributed by atoms with Crippen LogP contribution in [-0.2, 0) is 27.2 Å². The number of hydrogen-bond donors (Lipinski definition) is 2. The molecular formula is C21H26N2O6. The van der Waals surface area contributed by atoms with E-state index < -0.39 is 23.9 Å². The monoisotopic (exact) mass is 402 g/mol. The number of aromatic nitrogens is 1. The van der Waals surface area contributed by atoms with E-state index in [9.17, 15) is 14.4 Å². The molecule has 2 aromatic rings. The first-order valence-corrected chi connectivity index (χ1v) is 9.24. The Morgan fingerprint density at radius 2 is 1.83 bits per heavy atom. The molecule has 8 heteroatoms. The molecule has 0 aliphatic rings. The highest BCUT2D eigenvalue weighted by Gasteiger charge is 2.27. The van der Waals surface area contributed by atoms with E-state index in [0.29, 0.717) is 29.0 Å². The number of aryl methyl sites for hydroxylation is 1. The van der Waals surface area contributed by atoms with Crippen molar-refractivity contribution in [2.45, 2.75) is 39.8 Å². The number of carbonyl (C=O) groups excluding carboxylic acids is 3. The molecule has 0 spiro atoms. The van der Waals surface area contributed by atoms with E-state index in [-0.39, 0.29) is 12.2 Å². The lowest BCUT2D eigenvalue weighted by atomic mass is 10.1. The molecule has 0 bridgehead atoms. The fourth-order valence-electron chi connectivity index (χ4n) is 2.95. The van der Waals surface area contributed by atoms with Gasteiger partial charge in [0.05, 0.1) is 19.8 Å². The molecule has 1 atom stereocenters. The minimum absolute atomic E-state index is 0.131. The lowest BCUT2D eigenvalue weighted by molar-refractivity contribution is -0.129. The Labute approximate surface area is 169 Å². The topological polar surface area (TPSA) is 107 Å². The van der Waals surface area contributed by atoms with Crippen LogP contribution in [0.2, 0.25) is 0 Å². The molecular weight excluding hydrogens is 376 g/mol. The first kappa shape index (κ1) is 22.0.